The minimum Gasteiger partial charge on any atom is -0.508 e. The number of phenolic OH excluding ortho intramolecular Hbond substituents is 1. The van der Waals surface area contributed by atoms with Crippen molar-refractivity contribution in [1.82, 2.24) is 0 Å². The standard InChI is InChI=1S/C10H13F2NO2/c1-15-8-3-2-7(9(14)4-8)5-10(11,12)6-13/h2-4,14H,5-6,13H2,1H3. The van der Waals surface area contributed by atoms with E-state index in [-0.39, 0.29) is 11.3 Å². The minimum absolute atomic E-state index is 0.159. The maximum Gasteiger partial charge on any atom is 0.264 e. The molecule has 1 aromatic carbocycles. The first-order chi connectivity index (χ1) is 6.98. The van der Waals surface area contributed by atoms with Crippen LogP contribution in [-0.2, 0) is 6.42 Å². The molecular weight excluding hydrogens is 204 g/mol. The summed E-state index contributed by atoms with van der Waals surface area (Å²) in [5, 5.41) is 9.43. The first-order valence-corrected chi connectivity index (χ1v) is 4.42. The van der Waals surface area contributed by atoms with Gasteiger partial charge in [-0.25, -0.2) is 8.78 Å². The van der Waals surface area contributed by atoms with Gasteiger partial charge in [-0.3, -0.25) is 0 Å². The van der Waals surface area contributed by atoms with Crippen molar-refractivity contribution in [2.75, 3.05) is 13.7 Å². The molecule has 0 bridgehead atoms. The molecule has 0 unspecified atom stereocenters. The third-order valence-electron chi connectivity index (χ3n) is 2.04. The van der Waals surface area contributed by atoms with E-state index < -0.39 is 18.9 Å². The molecule has 0 aromatic heterocycles. The summed E-state index contributed by atoms with van der Waals surface area (Å²) in [7, 11) is 1.43. The highest BCUT2D eigenvalue weighted by atomic mass is 19.3. The van der Waals surface area contributed by atoms with Crippen molar-refractivity contribution >= 4 is 0 Å². The zero-order valence-corrected chi connectivity index (χ0v) is 8.34. The van der Waals surface area contributed by atoms with Crippen LogP contribution in [0.3, 0.4) is 0 Å². The third kappa shape index (κ3) is 3.06. The summed E-state index contributed by atoms with van der Waals surface area (Å²) >= 11 is 0. The van der Waals surface area contributed by atoms with Gasteiger partial charge >= 0.3 is 0 Å². The number of hydrogen-bond donors (Lipinski definition) is 2. The van der Waals surface area contributed by atoms with E-state index in [9.17, 15) is 13.9 Å². The fourth-order valence-electron chi connectivity index (χ4n) is 1.17. The highest BCUT2D eigenvalue weighted by Crippen LogP contribution is 2.28. The van der Waals surface area contributed by atoms with Crippen LogP contribution in [0, 0.1) is 0 Å². The number of nitrogens with two attached hydrogens (primary N) is 1. The molecule has 3 nitrogen and oxygen atoms in total. The Balaban J connectivity index is 2.87. The summed E-state index contributed by atoms with van der Waals surface area (Å²) in [5.41, 5.74) is 5.06. The van der Waals surface area contributed by atoms with Gasteiger partial charge in [0.1, 0.15) is 11.5 Å². The monoisotopic (exact) mass is 217 g/mol. The van der Waals surface area contributed by atoms with Gasteiger partial charge in [-0.2, -0.15) is 0 Å². The van der Waals surface area contributed by atoms with Crippen molar-refractivity contribution < 1.29 is 18.6 Å². The van der Waals surface area contributed by atoms with E-state index in [0.717, 1.165) is 0 Å². The molecule has 0 radical (unpaired) electrons. The van der Waals surface area contributed by atoms with Crippen molar-refractivity contribution in [1.29, 1.82) is 0 Å². The van der Waals surface area contributed by atoms with Gasteiger partial charge < -0.3 is 15.6 Å². The number of aromatic hydroxyl groups is 1. The maximum absolute atomic E-state index is 12.9. The van der Waals surface area contributed by atoms with Gasteiger partial charge in [0.25, 0.3) is 5.92 Å². The van der Waals surface area contributed by atoms with E-state index in [1.54, 1.807) is 0 Å². The van der Waals surface area contributed by atoms with Crippen LogP contribution in [0.25, 0.3) is 0 Å². The summed E-state index contributed by atoms with van der Waals surface area (Å²) in [6.45, 7) is -0.738. The molecule has 5 heteroatoms. The Kier molecular flexibility index (Phi) is 3.47. The zero-order chi connectivity index (χ0) is 11.5. The third-order valence-corrected chi connectivity index (χ3v) is 2.04. The summed E-state index contributed by atoms with van der Waals surface area (Å²) in [6, 6.07) is 4.21. The van der Waals surface area contributed by atoms with Crippen LogP contribution in [0.5, 0.6) is 11.5 Å². The van der Waals surface area contributed by atoms with Crippen LogP contribution in [0.4, 0.5) is 8.78 Å². The second-order valence-electron chi connectivity index (χ2n) is 3.23. The smallest absolute Gasteiger partial charge is 0.264 e. The van der Waals surface area contributed by atoms with Crippen molar-refractivity contribution in [3.8, 4) is 11.5 Å². The van der Waals surface area contributed by atoms with Gasteiger partial charge in [-0.1, -0.05) is 6.07 Å². The molecule has 0 spiro atoms. The molecule has 84 valence electrons. The van der Waals surface area contributed by atoms with Crippen LogP contribution in [-0.4, -0.2) is 24.7 Å². The quantitative estimate of drug-likeness (QED) is 0.804. The summed E-state index contributed by atoms with van der Waals surface area (Å²) in [6.07, 6.45) is -0.570. The van der Waals surface area contributed by atoms with Crippen molar-refractivity contribution in [2.45, 2.75) is 12.3 Å². The predicted molar refractivity (Wildman–Crippen MR) is 52.4 cm³/mol. The molecule has 0 saturated carbocycles. The van der Waals surface area contributed by atoms with E-state index in [4.69, 9.17) is 10.5 Å². The molecular formula is C10H13F2NO2. The van der Waals surface area contributed by atoms with Crippen molar-refractivity contribution in [2.24, 2.45) is 5.73 Å². The van der Waals surface area contributed by atoms with Gasteiger partial charge in [0.15, 0.2) is 0 Å². The Morgan fingerprint density at radius 2 is 2.13 bits per heavy atom. The molecule has 0 fully saturated rings. The Hall–Kier alpha value is -1.36. The average Bonchev–Trinajstić information content (AvgIpc) is 2.21. The zero-order valence-electron chi connectivity index (χ0n) is 8.34. The van der Waals surface area contributed by atoms with Gasteiger partial charge in [0.05, 0.1) is 13.7 Å². The SMILES string of the molecule is COc1ccc(CC(F)(F)CN)c(O)c1. The van der Waals surface area contributed by atoms with Crippen LogP contribution in [0.1, 0.15) is 5.56 Å². The van der Waals surface area contributed by atoms with E-state index in [1.165, 1.54) is 25.3 Å². The normalized spacial score (nSPS) is 11.5. The average molecular weight is 217 g/mol. The number of ether oxygens (including phenoxy) is 1. The Labute approximate surface area is 86.5 Å². The summed E-state index contributed by atoms with van der Waals surface area (Å²) in [5.74, 6) is -2.78. The molecule has 15 heavy (non-hydrogen) atoms. The van der Waals surface area contributed by atoms with Crippen LogP contribution >= 0.6 is 0 Å². The van der Waals surface area contributed by atoms with Crippen LogP contribution < -0.4 is 10.5 Å². The second kappa shape index (κ2) is 4.44. The molecule has 0 aliphatic carbocycles. The molecule has 0 saturated heterocycles. The van der Waals surface area contributed by atoms with E-state index >= 15 is 0 Å². The number of alkyl halides is 2. The lowest BCUT2D eigenvalue weighted by Crippen LogP contribution is -2.30. The van der Waals surface area contributed by atoms with Crippen LogP contribution in [0.15, 0.2) is 18.2 Å². The van der Waals surface area contributed by atoms with Gasteiger partial charge in [-0.15, -0.1) is 0 Å². The number of rotatable bonds is 4. The molecule has 0 aliphatic heterocycles. The first-order valence-electron chi connectivity index (χ1n) is 4.42. The maximum atomic E-state index is 12.9. The molecule has 0 amide bonds. The Morgan fingerprint density at radius 1 is 1.47 bits per heavy atom. The number of hydrogen-bond acceptors (Lipinski definition) is 3. The molecule has 0 atom stereocenters. The highest BCUT2D eigenvalue weighted by molar-refractivity contribution is 5.40. The Morgan fingerprint density at radius 3 is 2.60 bits per heavy atom. The lowest BCUT2D eigenvalue weighted by Gasteiger charge is -2.14. The lowest BCUT2D eigenvalue weighted by atomic mass is 10.1. The van der Waals surface area contributed by atoms with E-state index in [2.05, 4.69) is 0 Å². The molecule has 0 heterocycles. The lowest BCUT2D eigenvalue weighted by molar-refractivity contribution is 0.0109. The molecule has 0 aliphatic rings. The second-order valence-corrected chi connectivity index (χ2v) is 3.23. The summed E-state index contributed by atoms with van der Waals surface area (Å²) < 4.78 is 30.7. The van der Waals surface area contributed by atoms with Gasteiger partial charge in [0, 0.05) is 18.1 Å². The first kappa shape index (κ1) is 11.7. The van der Waals surface area contributed by atoms with Crippen molar-refractivity contribution in [3.05, 3.63) is 23.8 Å². The largest absolute Gasteiger partial charge is 0.508 e. The topological polar surface area (TPSA) is 55.5 Å². The predicted octanol–water partition coefficient (Wildman–Crippen LogP) is 1.54. The molecule has 1 aromatic rings. The number of benzene rings is 1. The summed E-state index contributed by atoms with van der Waals surface area (Å²) in [4.78, 5) is 0. The van der Waals surface area contributed by atoms with E-state index in [1.807, 2.05) is 0 Å². The van der Waals surface area contributed by atoms with Gasteiger partial charge in [-0.05, 0) is 6.07 Å². The minimum atomic E-state index is -2.99. The number of phenols is 1. The fourth-order valence-corrected chi connectivity index (χ4v) is 1.17. The van der Waals surface area contributed by atoms with Crippen molar-refractivity contribution in [3.63, 3.8) is 0 Å². The Bertz CT molecular complexity index is 342. The molecule has 1 rings (SSSR count). The molecule has 3 N–H and O–H groups in total. The number of methoxy groups -OCH3 is 1. The number of halogens is 2. The van der Waals surface area contributed by atoms with Crippen LogP contribution in [0.2, 0.25) is 0 Å². The van der Waals surface area contributed by atoms with E-state index in [0.29, 0.717) is 5.75 Å². The van der Waals surface area contributed by atoms with Gasteiger partial charge in [0.2, 0.25) is 0 Å². The highest BCUT2D eigenvalue weighted by Gasteiger charge is 2.28. The fraction of sp³-hybridized carbons (Fsp3) is 0.400.